The van der Waals surface area contributed by atoms with Crippen molar-refractivity contribution in [2.75, 3.05) is 11.4 Å². The molecular formula is C20H17F3N2O4. The van der Waals surface area contributed by atoms with Gasteiger partial charge in [-0.25, -0.2) is 0 Å². The van der Waals surface area contributed by atoms with E-state index in [4.69, 9.17) is 10.5 Å². The molecule has 1 unspecified atom stereocenters. The quantitative estimate of drug-likeness (QED) is 0.747. The molecule has 2 N–H and O–H groups in total. The number of primary amides is 1. The number of alkyl halides is 3. The molecule has 0 radical (unpaired) electrons. The van der Waals surface area contributed by atoms with Gasteiger partial charge in [0.25, 0.3) is 5.91 Å². The van der Waals surface area contributed by atoms with Crippen LogP contribution >= 0.6 is 0 Å². The van der Waals surface area contributed by atoms with E-state index < -0.39 is 29.3 Å². The number of carbonyl (C=O) groups is 3. The third-order valence-electron chi connectivity index (χ3n) is 4.55. The van der Waals surface area contributed by atoms with Gasteiger partial charge in [0.05, 0.1) is 11.5 Å². The van der Waals surface area contributed by atoms with E-state index in [9.17, 15) is 27.6 Å². The number of hydrogen-bond donors (Lipinski definition) is 1. The second kappa shape index (κ2) is 7.94. The van der Waals surface area contributed by atoms with Gasteiger partial charge in [-0.2, -0.15) is 13.2 Å². The van der Waals surface area contributed by atoms with Crippen LogP contribution in [0.1, 0.15) is 17.5 Å². The molecule has 9 heteroatoms. The Kier molecular flexibility index (Phi) is 5.58. The number of ether oxygens (including phenoxy) is 1. The number of benzene rings is 2. The highest BCUT2D eigenvalue weighted by Gasteiger charge is 2.37. The van der Waals surface area contributed by atoms with E-state index >= 15 is 0 Å². The van der Waals surface area contributed by atoms with Crippen molar-refractivity contribution in [1.82, 2.24) is 0 Å². The van der Waals surface area contributed by atoms with Gasteiger partial charge in [-0.05, 0) is 42.0 Å². The smallest absolute Gasteiger partial charge is 0.416 e. The number of nitrogens with zero attached hydrogens (tertiary/aromatic N) is 1. The normalized spacial score (nSPS) is 16.7. The minimum atomic E-state index is -4.42. The van der Waals surface area contributed by atoms with Crippen molar-refractivity contribution in [3.8, 4) is 5.75 Å². The third kappa shape index (κ3) is 4.74. The molecule has 152 valence electrons. The van der Waals surface area contributed by atoms with E-state index in [2.05, 4.69) is 0 Å². The standard InChI is InChI=1S/C20H17F3N2O4/c21-20(22,23)14-3-1-2-12(8-14)11-29-16-6-4-15(5-7-16)25-10-13(9-17(25)26)18(27)19(24)28/h1-8,13H,9-11H2,(H2,24,28). The molecule has 2 amide bonds. The van der Waals surface area contributed by atoms with Crippen LogP contribution in [0.4, 0.5) is 18.9 Å². The largest absolute Gasteiger partial charge is 0.489 e. The van der Waals surface area contributed by atoms with E-state index in [0.29, 0.717) is 17.0 Å². The van der Waals surface area contributed by atoms with Gasteiger partial charge in [-0.1, -0.05) is 12.1 Å². The zero-order valence-corrected chi connectivity index (χ0v) is 15.1. The van der Waals surface area contributed by atoms with E-state index in [1.807, 2.05) is 0 Å². The van der Waals surface area contributed by atoms with Crippen molar-refractivity contribution in [3.63, 3.8) is 0 Å². The summed E-state index contributed by atoms with van der Waals surface area (Å²) in [6, 6.07) is 11.2. The maximum Gasteiger partial charge on any atom is 0.416 e. The van der Waals surface area contributed by atoms with Gasteiger partial charge >= 0.3 is 6.18 Å². The van der Waals surface area contributed by atoms with E-state index in [0.717, 1.165) is 12.1 Å². The minimum Gasteiger partial charge on any atom is -0.489 e. The number of amides is 2. The summed E-state index contributed by atoms with van der Waals surface area (Å²) in [7, 11) is 0. The van der Waals surface area contributed by atoms with Crippen LogP contribution in [0.15, 0.2) is 48.5 Å². The van der Waals surface area contributed by atoms with Gasteiger partial charge in [0.1, 0.15) is 12.4 Å². The topological polar surface area (TPSA) is 89.7 Å². The zero-order valence-electron chi connectivity index (χ0n) is 15.1. The molecule has 1 saturated heterocycles. The van der Waals surface area contributed by atoms with Crippen LogP contribution in [-0.2, 0) is 27.2 Å². The van der Waals surface area contributed by atoms with Crippen LogP contribution < -0.4 is 15.4 Å². The molecule has 1 fully saturated rings. The number of ketones is 1. The van der Waals surface area contributed by atoms with Crippen LogP contribution in [0.5, 0.6) is 5.75 Å². The Labute approximate surface area is 164 Å². The molecule has 0 spiro atoms. The Morgan fingerprint density at radius 1 is 1.14 bits per heavy atom. The number of rotatable bonds is 6. The lowest BCUT2D eigenvalue weighted by molar-refractivity contribution is -0.138. The summed E-state index contributed by atoms with van der Waals surface area (Å²) in [4.78, 5) is 36.2. The third-order valence-corrected chi connectivity index (χ3v) is 4.55. The zero-order chi connectivity index (χ0) is 21.2. The molecule has 1 aliphatic heterocycles. The molecule has 0 aromatic heterocycles. The van der Waals surface area contributed by atoms with Crippen LogP contribution in [-0.4, -0.2) is 24.1 Å². The SMILES string of the molecule is NC(=O)C(=O)C1CC(=O)N(c2ccc(OCc3cccc(C(F)(F)F)c3)cc2)C1. The van der Waals surface area contributed by atoms with Crippen molar-refractivity contribution in [3.05, 3.63) is 59.7 Å². The monoisotopic (exact) mass is 406 g/mol. The first-order valence-electron chi connectivity index (χ1n) is 8.68. The maximum absolute atomic E-state index is 12.8. The van der Waals surface area contributed by atoms with Crippen molar-refractivity contribution in [2.24, 2.45) is 11.7 Å². The molecule has 29 heavy (non-hydrogen) atoms. The summed E-state index contributed by atoms with van der Waals surface area (Å²) in [5.41, 5.74) is 5.12. The first-order valence-corrected chi connectivity index (χ1v) is 8.68. The fraction of sp³-hybridized carbons (Fsp3) is 0.250. The first-order chi connectivity index (χ1) is 13.6. The maximum atomic E-state index is 12.8. The van der Waals surface area contributed by atoms with Crippen LogP contribution in [0.2, 0.25) is 0 Å². The summed E-state index contributed by atoms with van der Waals surface area (Å²) < 4.78 is 43.8. The van der Waals surface area contributed by atoms with E-state index in [1.165, 1.54) is 17.0 Å². The molecule has 1 atom stereocenters. The number of anilines is 1. The molecule has 6 nitrogen and oxygen atoms in total. The average molecular weight is 406 g/mol. The van der Waals surface area contributed by atoms with Gasteiger partial charge < -0.3 is 15.4 Å². The van der Waals surface area contributed by atoms with Gasteiger partial charge in [0.2, 0.25) is 11.7 Å². The Morgan fingerprint density at radius 2 is 1.83 bits per heavy atom. The van der Waals surface area contributed by atoms with E-state index in [1.54, 1.807) is 24.3 Å². The fourth-order valence-corrected chi connectivity index (χ4v) is 3.06. The Balaban J connectivity index is 1.63. The second-order valence-corrected chi connectivity index (χ2v) is 6.61. The predicted octanol–water partition coefficient (Wildman–Crippen LogP) is 2.69. The molecule has 0 saturated carbocycles. The van der Waals surface area contributed by atoms with Gasteiger partial charge in [0, 0.05) is 18.7 Å². The molecule has 1 aliphatic rings. The lowest BCUT2D eigenvalue weighted by Crippen LogP contribution is -2.32. The van der Waals surface area contributed by atoms with Crippen molar-refractivity contribution in [1.29, 1.82) is 0 Å². The van der Waals surface area contributed by atoms with Crippen LogP contribution in [0, 0.1) is 5.92 Å². The van der Waals surface area contributed by atoms with Gasteiger partial charge in [-0.15, -0.1) is 0 Å². The fourth-order valence-electron chi connectivity index (χ4n) is 3.06. The van der Waals surface area contributed by atoms with Crippen LogP contribution in [0.3, 0.4) is 0 Å². The number of hydrogen-bond acceptors (Lipinski definition) is 4. The van der Waals surface area contributed by atoms with E-state index in [-0.39, 0.29) is 25.5 Å². The summed E-state index contributed by atoms with van der Waals surface area (Å²) in [6.45, 7) is 0.00610. The highest BCUT2D eigenvalue weighted by molar-refractivity contribution is 6.37. The molecule has 3 rings (SSSR count). The summed E-state index contributed by atoms with van der Waals surface area (Å²) in [5, 5.41) is 0. The van der Waals surface area contributed by atoms with Crippen LogP contribution in [0.25, 0.3) is 0 Å². The number of halogens is 3. The van der Waals surface area contributed by atoms with Crippen molar-refractivity contribution < 1.29 is 32.3 Å². The number of carbonyl (C=O) groups excluding carboxylic acids is 3. The molecule has 2 aromatic carbocycles. The molecule has 0 bridgehead atoms. The first kappa shape index (κ1) is 20.4. The van der Waals surface area contributed by atoms with Crippen molar-refractivity contribution >= 4 is 23.3 Å². The highest BCUT2D eigenvalue weighted by atomic mass is 19.4. The average Bonchev–Trinajstić information content (AvgIpc) is 3.07. The summed E-state index contributed by atoms with van der Waals surface area (Å²) in [6.07, 6.45) is -4.51. The second-order valence-electron chi connectivity index (χ2n) is 6.61. The van der Waals surface area contributed by atoms with Gasteiger partial charge in [0.15, 0.2) is 0 Å². The Hall–Kier alpha value is -3.36. The van der Waals surface area contributed by atoms with Gasteiger partial charge in [-0.3, -0.25) is 14.4 Å². The predicted molar refractivity (Wildman–Crippen MR) is 96.9 cm³/mol. The Morgan fingerprint density at radius 3 is 2.45 bits per heavy atom. The molecule has 0 aliphatic carbocycles. The van der Waals surface area contributed by atoms with Crippen molar-refractivity contribution in [2.45, 2.75) is 19.2 Å². The number of nitrogens with two attached hydrogens (primary N) is 1. The number of Topliss-reactive ketones (excluding diaryl/α,β-unsaturated/α-hetero) is 1. The summed E-state index contributed by atoms with van der Waals surface area (Å²) >= 11 is 0. The lowest BCUT2D eigenvalue weighted by atomic mass is 10.0. The minimum absolute atomic E-state index is 0.0545. The Bertz CT molecular complexity index is 941. The lowest BCUT2D eigenvalue weighted by Gasteiger charge is -2.17. The molecular weight excluding hydrogens is 389 g/mol. The highest BCUT2D eigenvalue weighted by Crippen LogP contribution is 2.30. The molecule has 1 heterocycles. The summed E-state index contributed by atoms with van der Waals surface area (Å²) in [5.74, 6) is -2.51. The molecule has 2 aromatic rings.